The maximum Gasteiger partial charge on any atom is 0.410 e. The van der Waals surface area contributed by atoms with E-state index in [9.17, 15) is 9.59 Å². The third-order valence-electron chi connectivity index (χ3n) is 3.47. The van der Waals surface area contributed by atoms with Crippen molar-refractivity contribution in [2.45, 2.75) is 59.1 Å². The summed E-state index contributed by atoms with van der Waals surface area (Å²) in [5.74, 6) is 1.30. The summed E-state index contributed by atoms with van der Waals surface area (Å²) in [5.41, 5.74) is -0.529. The summed E-state index contributed by atoms with van der Waals surface area (Å²) in [6, 6.07) is -0.410. The molecule has 0 N–H and O–H groups in total. The zero-order valence-corrected chi connectivity index (χ0v) is 12.3. The van der Waals surface area contributed by atoms with Gasteiger partial charge >= 0.3 is 6.09 Å². The summed E-state index contributed by atoms with van der Waals surface area (Å²) >= 11 is 0. The van der Waals surface area contributed by atoms with Crippen LogP contribution >= 0.6 is 0 Å². The van der Waals surface area contributed by atoms with Crippen molar-refractivity contribution >= 4 is 11.9 Å². The van der Waals surface area contributed by atoms with Crippen LogP contribution in [-0.2, 0) is 9.53 Å². The first-order chi connectivity index (χ1) is 8.11. The number of nitrogens with zero attached hydrogens (tertiary/aromatic N) is 1. The summed E-state index contributed by atoms with van der Waals surface area (Å²) in [4.78, 5) is 25.2. The van der Waals surface area contributed by atoms with Crippen molar-refractivity contribution in [3.8, 4) is 0 Å². The van der Waals surface area contributed by atoms with Gasteiger partial charge in [-0.25, -0.2) is 4.79 Å². The molecule has 0 aromatic rings. The Labute approximate surface area is 110 Å². The number of ketones is 1. The average molecular weight is 255 g/mol. The quantitative estimate of drug-likeness (QED) is 0.776. The highest BCUT2D eigenvalue weighted by Gasteiger charge is 2.36. The molecule has 2 unspecified atom stereocenters. The molecular weight excluding hydrogens is 230 g/mol. The standard InChI is InChI=1S/C14H25NO3/c1-9-7-11(9)8-12(16)10(2)15(6)13(17)18-14(3,4)5/h9-11H,7-8H2,1-6H3/t9?,10-,11?/m0/s1. The smallest absolute Gasteiger partial charge is 0.410 e. The monoisotopic (exact) mass is 255 g/mol. The van der Waals surface area contributed by atoms with Gasteiger partial charge in [-0.1, -0.05) is 6.92 Å². The maximum absolute atomic E-state index is 12.0. The van der Waals surface area contributed by atoms with Gasteiger partial charge in [0, 0.05) is 13.5 Å². The molecule has 0 bridgehead atoms. The Morgan fingerprint density at radius 2 is 1.89 bits per heavy atom. The lowest BCUT2D eigenvalue weighted by molar-refractivity contribution is -0.123. The summed E-state index contributed by atoms with van der Waals surface area (Å²) in [6.45, 7) is 9.37. The molecule has 4 nitrogen and oxygen atoms in total. The summed E-state index contributed by atoms with van der Waals surface area (Å²) in [6.07, 6.45) is 1.27. The van der Waals surface area contributed by atoms with Gasteiger partial charge in [-0.15, -0.1) is 0 Å². The zero-order chi connectivity index (χ0) is 14.1. The largest absolute Gasteiger partial charge is 0.444 e. The normalized spacial score (nSPS) is 24.3. The van der Waals surface area contributed by atoms with E-state index >= 15 is 0 Å². The van der Waals surface area contributed by atoms with Gasteiger partial charge in [-0.05, 0) is 46.0 Å². The molecule has 1 saturated carbocycles. The van der Waals surface area contributed by atoms with Gasteiger partial charge in [0.05, 0.1) is 6.04 Å². The lowest BCUT2D eigenvalue weighted by atomic mass is 10.1. The Morgan fingerprint density at radius 1 is 1.39 bits per heavy atom. The summed E-state index contributed by atoms with van der Waals surface area (Å²) in [7, 11) is 1.62. The molecule has 0 heterocycles. The van der Waals surface area contributed by atoms with Crippen LogP contribution in [0, 0.1) is 11.8 Å². The van der Waals surface area contributed by atoms with E-state index in [1.54, 1.807) is 14.0 Å². The first-order valence-electron chi connectivity index (χ1n) is 6.60. The molecule has 3 atom stereocenters. The highest BCUT2D eigenvalue weighted by molar-refractivity contribution is 5.87. The van der Waals surface area contributed by atoms with E-state index in [1.807, 2.05) is 20.8 Å². The van der Waals surface area contributed by atoms with Crippen LogP contribution in [0.3, 0.4) is 0 Å². The highest BCUT2D eigenvalue weighted by atomic mass is 16.6. The van der Waals surface area contributed by atoms with Gasteiger partial charge in [0.15, 0.2) is 5.78 Å². The number of hydrogen-bond donors (Lipinski definition) is 0. The number of ether oxygens (including phenoxy) is 1. The second kappa shape index (κ2) is 5.29. The second-order valence-corrected chi connectivity index (χ2v) is 6.41. The number of amides is 1. The van der Waals surface area contributed by atoms with Crippen molar-refractivity contribution < 1.29 is 14.3 Å². The van der Waals surface area contributed by atoms with Crippen molar-refractivity contribution in [2.24, 2.45) is 11.8 Å². The molecule has 1 fully saturated rings. The average Bonchev–Trinajstić information content (AvgIpc) is 2.89. The molecule has 1 aliphatic rings. The third kappa shape index (κ3) is 4.31. The topological polar surface area (TPSA) is 46.6 Å². The number of carbonyl (C=O) groups excluding carboxylic acids is 2. The van der Waals surface area contributed by atoms with Crippen molar-refractivity contribution in [3.05, 3.63) is 0 Å². The van der Waals surface area contributed by atoms with Crippen LogP contribution in [0.2, 0.25) is 0 Å². The van der Waals surface area contributed by atoms with Gasteiger partial charge < -0.3 is 9.64 Å². The highest BCUT2D eigenvalue weighted by Crippen LogP contribution is 2.40. The number of likely N-dealkylation sites (N-methyl/N-ethyl adjacent to an activating group) is 1. The summed E-state index contributed by atoms with van der Waals surface area (Å²) < 4.78 is 5.25. The molecule has 18 heavy (non-hydrogen) atoms. The third-order valence-corrected chi connectivity index (χ3v) is 3.47. The van der Waals surface area contributed by atoms with Gasteiger partial charge in [0.25, 0.3) is 0 Å². The molecule has 0 radical (unpaired) electrons. The van der Waals surface area contributed by atoms with Crippen LogP contribution in [0.1, 0.15) is 47.5 Å². The predicted molar refractivity (Wildman–Crippen MR) is 70.4 cm³/mol. The number of hydrogen-bond acceptors (Lipinski definition) is 3. The van der Waals surface area contributed by atoms with Crippen LogP contribution in [0.5, 0.6) is 0 Å². The number of carbonyl (C=O) groups is 2. The lowest BCUT2D eigenvalue weighted by Gasteiger charge is -2.28. The van der Waals surface area contributed by atoms with Crippen molar-refractivity contribution in [2.75, 3.05) is 7.05 Å². The maximum atomic E-state index is 12.0. The molecule has 0 aromatic carbocycles. The Hall–Kier alpha value is -1.06. The van der Waals surface area contributed by atoms with E-state index in [1.165, 1.54) is 4.90 Å². The summed E-state index contributed by atoms with van der Waals surface area (Å²) in [5, 5.41) is 0. The fourth-order valence-corrected chi connectivity index (χ4v) is 1.82. The van der Waals surface area contributed by atoms with Crippen molar-refractivity contribution in [1.29, 1.82) is 0 Å². The SMILES string of the molecule is CC1CC1CC(=O)[C@H](C)N(C)C(=O)OC(C)(C)C. The second-order valence-electron chi connectivity index (χ2n) is 6.41. The molecule has 0 aliphatic heterocycles. The van der Waals surface area contributed by atoms with E-state index in [-0.39, 0.29) is 5.78 Å². The van der Waals surface area contributed by atoms with Crippen LogP contribution in [0.4, 0.5) is 4.79 Å². The molecule has 1 aliphatic carbocycles. The molecule has 4 heteroatoms. The fraction of sp³-hybridized carbons (Fsp3) is 0.857. The first-order valence-corrected chi connectivity index (χ1v) is 6.60. The van der Waals surface area contributed by atoms with Crippen molar-refractivity contribution in [3.63, 3.8) is 0 Å². The molecule has 1 rings (SSSR count). The fourth-order valence-electron chi connectivity index (χ4n) is 1.82. The molecular formula is C14H25NO3. The Bertz CT molecular complexity index is 332. The lowest BCUT2D eigenvalue weighted by Crippen LogP contribution is -2.43. The Morgan fingerprint density at radius 3 is 2.28 bits per heavy atom. The molecule has 1 amide bonds. The first kappa shape index (κ1) is 15.0. The van der Waals surface area contributed by atoms with Gasteiger partial charge in [0.1, 0.15) is 5.60 Å². The van der Waals surface area contributed by atoms with E-state index in [0.717, 1.165) is 6.42 Å². The van der Waals surface area contributed by atoms with Gasteiger partial charge in [-0.2, -0.15) is 0 Å². The Kier molecular flexibility index (Phi) is 4.41. The number of Topliss-reactive ketones (excluding diaryl/α,β-unsaturated/α-hetero) is 1. The molecule has 0 saturated heterocycles. The zero-order valence-electron chi connectivity index (χ0n) is 12.3. The van der Waals surface area contributed by atoms with Gasteiger partial charge in [-0.3, -0.25) is 4.79 Å². The minimum atomic E-state index is -0.529. The van der Waals surface area contributed by atoms with E-state index in [4.69, 9.17) is 4.74 Å². The van der Waals surface area contributed by atoms with Crippen molar-refractivity contribution in [1.82, 2.24) is 4.90 Å². The van der Waals surface area contributed by atoms with E-state index in [2.05, 4.69) is 6.92 Å². The van der Waals surface area contributed by atoms with Crippen LogP contribution in [0.15, 0.2) is 0 Å². The molecule has 104 valence electrons. The van der Waals surface area contributed by atoms with E-state index < -0.39 is 17.7 Å². The van der Waals surface area contributed by atoms with Crippen LogP contribution in [-0.4, -0.2) is 35.5 Å². The number of rotatable bonds is 4. The Balaban J connectivity index is 2.46. The minimum absolute atomic E-state index is 0.123. The van der Waals surface area contributed by atoms with Gasteiger partial charge in [0.2, 0.25) is 0 Å². The van der Waals surface area contributed by atoms with Crippen LogP contribution < -0.4 is 0 Å². The molecule has 0 spiro atoms. The molecule has 0 aromatic heterocycles. The minimum Gasteiger partial charge on any atom is -0.444 e. The van der Waals surface area contributed by atoms with E-state index in [0.29, 0.717) is 18.3 Å². The van der Waals surface area contributed by atoms with Crippen LogP contribution in [0.25, 0.3) is 0 Å². The predicted octanol–water partition coefficient (Wildman–Crippen LogP) is 2.86.